The number of hydrogen-bond donors (Lipinski definition) is 4. The van der Waals surface area contributed by atoms with Crippen molar-refractivity contribution in [2.45, 2.75) is 11.8 Å². The van der Waals surface area contributed by atoms with Gasteiger partial charge in [0.15, 0.2) is 0 Å². The molecule has 0 amide bonds. The Kier molecular flexibility index (Phi) is 8.18. The Morgan fingerprint density at radius 1 is 1.32 bits per heavy atom. The molecule has 28 heavy (non-hydrogen) atoms. The molecule has 0 saturated carbocycles. The number of hydrazone groups is 1. The van der Waals surface area contributed by atoms with Crippen LogP contribution < -0.4 is 5.73 Å². The van der Waals surface area contributed by atoms with Crippen LogP contribution in [-0.4, -0.2) is 40.4 Å². The highest BCUT2D eigenvalue weighted by Crippen LogP contribution is 2.21. The molecule has 0 atom stereocenters. The van der Waals surface area contributed by atoms with Gasteiger partial charge in [0.05, 0.1) is 16.0 Å². The number of nitro benzene ring substituents is 1. The summed E-state index contributed by atoms with van der Waals surface area (Å²) in [4.78, 5) is 9.88. The van der Waals surface area contributed by atoms with Gasteiger partial charge in [-0.15, -0.1) is 5.17 Å². The van der Waals surface area contributed by atoms with Crippen molar-refractivity contribution in [3.05, 3.63) is 68.2 Å². The minimum atomic E-state index is -4.02. The summed E-state index contributed by atoms with van der Waals surface area (Å²) in [6, 6.07) is 10.0. The maximum Gasteiger partial charge on any atom is 0.294 e. The predicted molar refractivity (Wildman–Crippen MR) is 105 cm³/mol. The molecule has 13 heteroatoms. The zero-order valence-electron chi connectivity index (χ0n) is 14.4. The van der Waals surface area contributed by atoms with E-state index in [1.165, 1.54) is 36.5 Å². The van der Waals surface area contributed by atoms with E-state index < -0.39 is 21.0 Å². The Bertz CT molecular complexity index is 994. The van der Waals surface area contributed by atoms with Gasteiger partial charge in [0.2, 0.25) is 5.96 Å². The Balaban J connectivity index is 0.000000307. The molecule has 11 nitrogen and oxygen atoms in total. The number of nitrogens with zero attached hydrogens (tertiary/aromatic N) is 3. The number of benzene rings is 2. The van der Waals surface area contributed by atoms with Gasteiger partial charge in [0.1, 0.15) is 0 Å². The molecule has 0 aliphatic heterocycles. The summed E-state index contributed by atoms with van der Waals surface area (Å²) in [5.41, 5.74) is 6.33. The summed E-state index contributed by atoms with van der Waals surface area (Å²) in [6.07, 6.45) is 1.20. The standard InChI is InChI=1S/C8H8BrN5O3.C7H8O3S/c9-7-3-6(14(16)17)2-1-5(7)4-12-13(15)8(10)11;1-6-2-4-7(5-3-6)11(8,9)10/h1-4,15H,(H3,10,11);2-5H,1H3,(H,8,9,10). The summed E-state index contributed by atoms with van der Waals surface area (Å²) in [7, 11) is -4.02. The van der Waals surface area contributed by atoms with E-state index in [-0.39, 0.29) is 15.8 Å². The fourth-order valence-electron chi connectivity index (χ4n) is 1.62. The molecule has 0 aliphatic carbocycles. The number of guanidine groups is 1. The van der Waals surface area contributed by atoms with Crippen LogP contribution >= 0.6 is 15.9 Å². The van der Waals surface area contributed by atoms with E-state index in [0.717, 1.165) is 5.56 Å². The third-order valence-corrected chi connectivity index (χ3v) is 4.59. The van der Waals surface area contributed by atoms with E-state index in [1.807, 2.05) is 6.92 Å². The van der Waals surface area contributed by atoms with Crippen LogP contribution in [0.2, 0.25) is 0 Å². The molecule has 2 rings (SSSR count). The second kappa shape index (κ2) is 9.89. The molecule has 0 heterocycles. The molecular formula is C15H16BrN5O6S. The number of hydroxylamine groups is 1. The molecule has 0 fully saturated rings. The van der Waals surface area contributed by atoms with E-state index in [0.29, 0.717) is 10.0 Å². The van der Waals surface area contributed by atoms with Gasteiger partial charge in [-0.1, -0.05) is 17.7 Å². The van der Waals surface area contributed by atoms with Crippen molar-refractivity contribution in [1.29, 1.82) is 5.41 Å². The number of aryl methyl sites for hydroxylation is 1. The highest BCUT2D eigenvalue weighted by Gasteiger charge is 2.08. The molecule has 0 aliphatic rings. The van der Waals surface area contributed by atoms with Crippen molar-refractivity contribution in [1.82, 2.24) is 5.17 Å². The summed E-state index contributed by atoms with van der Waals surface area (Å²) < 4.78 is 30.0. The molecule has 2 aromatic rings. The van der Waals surface area contributed by atoms with E-state index in [1.54, 1.807) is 12.1 Å². The molecular weight excluding hydrogens is 458 g/mol. The maximum atomic E-state index is 10.5. The third kappa shape index (κ3) is 7.40. The van der Waals surface area contributed by atoms with Crippen molar-refractivity contribution in [3.8, 4) is 0 Å². The van der Waals surface area contributed by atoms with Crippen molar-refractivity contribution in [2.75, 3.05) is 0 Å². The van der Waals surface area contributed by atoms with Crippen LogP contribution in [0.15, 0.2) is 56.9 Å². The molecule has 2 aromatic carbocycles. The minimum Gasteiger partial charge on any atom is -0.367 e. The third-order valence-electron chi connectivity index (χ3n) is 3.04. The van der Waals surface area contributed by atoms with Gasteiger partial charge >= 0.3 is 0 Å². The molecule has 0 saturated heterocycles. The normalized spacial score (nSPS) is 10.9. The van der Waals surface area contributed by atoms with Gasteiger partial charge < -0.3 is 5.73 Å². The first kappa shape index (κ1) is 23.2. The average Bonchev–Trinajstić information content (AvgIpc) is 2.60. The van der Waals surface area contributed by atoms with Crippen LogP contribution in [0.4, 0.5) is 5.69 Å². The van der Waals surface area contributed by atoms with Crippen LogP contribution in [0.25, 0.3) is 0 Å². The molecule has 0 bridgehead atoms. The monoisotopic (exact) mass is 473 g/mol. The first-order valence-electron chi connectivity index (χ1n) is 7.27. The Morgan fingerprint density at radius 2 is 1.89 bits per heavy atom. The summed E-state index contributed by atoms with van der Waals surface area (Å²) in [6.45, 7) is 1.84. The highest BCUT2D eigenvalue weighted by atomic mass is 79.9. The minimum absolute atomic E-state index is 0.0666. The first-order valence-corrected chi connectivity index (χ1v) is 9.50. The van der Waals surface area contributed by atoms with E-state index in [9.17, 15) is 18.5 Å². The van der Waals surface area contributed by atoms with Gasteiger partial charge in [-0.25, -0.2) is 0 Å². The number of halogens is 1. The molecule has 0 aromatic heterocycles. The van der Waals surface area contributed by atoms with Crippen LogP contribution in [0.1, 0.15) is 11.1 Å². The van der Waals surface area contributed by atoms with Crippen molar-refractivity contribution < 1.29 is 23.1 Å². The lowest BCUT2D eigenvalue weighted by Crippen LogP contribution is -2.28. The smallest absolute Gasteiger partial charge is 0.294 e. The fraction of sp³-hybridized carbons (Fsp3) is 0.0667. The van der Waals surface area contributed by atoms with E-state index >= 15 is 0 Å². The lowest BCUT2D eigenvalue weighted by atomic mass is 10.2. The predicted octanol–water partition coefficient (Wildman–Crippen LogP) is 2.52. The molecule has 0 radical (unpaired) electrons. The number of non-ortho nitro benzene ring substituents is 1. The number of hydrogen-bond acceptors (Lipinski definition) is 7. The van der Waals surface area contributed by atoms with E-state index in [2.05, 4.69) is 21.0 Å². The molecule has 5 N–H and O–H groups in total. The van der Waals surface area contributed by atoms with Gasteiger partial charge in [0, 0.05) is 22.2 Å². The summed E-state index contributed by atoms with van der Waals surface area (Å²) >= 11 is 3.12. The average molecular weight is 474 g/mol. The Hall–Kier alpha value is -2.87. The largest absolute Gasteiger partial charge is 0.367 e. The SMILES string of the molecule is Cc1ccc(S(=O)(=O)O)cc1.N=C(N)N(O)N=Cc1ccc([N+](=O)[O-])cc1Br. The second-order valence-corrected chi connectivity index (χ2v) is 7.45. The summed E-state index contributed by atoms with van der Waals surface area (Å²) in [5, 5.41) is 29.9. The molecule has 0 unspecified atom stereocenters. The van der Waals surface area contributed by atoms with Crippen molar-refractivity contribution >= 4 is 43.9 Å². The van der Waals surface area contributed by atoms with Gasteiger partial charge in [-0.3, -0.25) is 25.3 Å². The molecule has 150 valence electrons. The number of nitrogens with one attached hydrogen (secondary N) is 1. The Morgan fingerprint density at radius 3 is 2.32 bits per heavy atom. The van der Waals surface area contributed by atoms with Gasteiger partial charge in [-0.05, 0) is 41.1 Å². The van der Waals surface area contributed by atoms with E-state index in [4.69, 9.17) is 20.9 Å². The second-order valence-electron chi connectivity index (χ2n) is 5.17. The van der Waals surface area contributed by atoms with Gasteiger partial charge in [-0.2, -0.15) is 13.5 Å². The van der Waals surface area contributed by atoms with Gasteiger partial charge in [0.25, 0.3) is 15.8 Å². The quantitative estimate of drug-likeness (QED) is 0.171. The zero-order valence-corrected chi connectivity index (χ0v) is 16.8. The topological polar surface area (TPSA) is 183 Å². The lowest BCUT2D eigenvalue weighted by Gasteiger charge is -2.06. The number of rotatable bonds is 4. The Labute approximate surface area is 168 Å². The van der Waals surface area contributed by atoms with Crippen LogP contribution in [0, 0.1) is 22.4 Å². The van der Waals surface area contributed by atoms with Crippen molar-refractivity contribution in [2.24, 2.45) is 10.8 Å². The van der Waals surface area contributed by atoms with Crippen LogP contribution in [-0.2, 0) is 10.1 Å². The first-order chi connectivity index (χ1) is 12.9. The highest BCUT2D eigenvalue weighted by molar-refractivity contribution is 9.10. The number of nitrogens with two attached hydrogens (primary N) is 1. The summed E-state index contributed by atoms with van der Waals surface area (Å²) in [5.74, 6) is -0.640. The van der Waals surface area contributed by atoms with Crippen molar-refractivity contribution in [3.63, 3.8) is 0 Å². The zero-order chi connectivity index (χ0) is 21.5. The van der Waals surface area contributed by atoms with Crippen LogP contribution in [0.5, 0.6) is 0 Å². The number of nitro groups is 1. The fourth-order valence-corrected chi connectivity index (χ4v) is 2.57. The van der Waals surface area contributed by atoms with Crippen LogP contribution in [0.3, 0.4) is 0 Å². The lowest BCUT2D eigenvalue weighted by molar-refractivity contribution is -0.384. The molecule has 0 spiro atoms. The maximum absolute atomic E-state index is 10.5.